The van der Waals surface area contributed by atoms with Gasteiger partial charge in [-0.25, -0.2) is 4.98 Å². The molecule has 0 aromatic carbocycles. The molecule has 0 aliphatic rings. The van der Waals surface area contributed by atoms with Crippen LogP contribution in [-0.2, 0) is 16.1 Å². The minimum absolute atomic E-state index is 0.545. The maximum atomic E-state index is 5.06. The van der Waals surface area contributed by atoms with Gasteiger partial charge < -0.3 is 9.72 Å². The van der Waals surface area contributed by atoms with Crippen LogP contribution in [-0.4, -0.2) is 30.3 Å². The summed E-state index contributed by atoms with van der Waals surface area (Å²) in [6.45, 7) is 3.68. The van der Waals surface area contributed by atoms with Crippen LogP contribution >= 0.6 is 0 Å². The van der Waals surface area contributed by atoms with Crippen molar-refractivity contribution in [1.82, 2.24) is 15.4 Å². The molecule has 0 atom stereocenters. The second kappa shape index (κ2) is 5.69. The molecule has 5 heteroatoms. The van der Waals surface area contributed by atoms with Crippen molar-refractivity contribution in [2.75, 3.05) is 20.3 Å². The van der Waals surface area contributed by atoms with Gasteiger partial charge >= 0.3 is 0 Å². The summed E-state index contributed by atoms with van der Waals surface area (Å²) < 4.78 is 4.81. The number of aromatic nitrogens is 2. The van der Waals surface area contributed by atoms with E-state index in [1.54, 1.807) is 13.3 Å². The van der Waals surface area contributed by atoms with Crippen LogP contribution in [0.4, 0.5) is 0 Å². The maximum absolute atomic E-state index is 5.06. The van der Waals surface area contributed by atoms with Gasteiger partial charge in [0, 0.05) is 13.3 Å². The van der Waals surface area contributed by atoms with Crippen molar-refractivity contribution in [1.29, 1.82) is 0 Å². The lowest BCUT2D eigenvalue weighted by molar-refractivity contribution is 0.00302. The Labute approximate surface area is 77.4 Å². The third-order valence-electron chi connectivity index (χ3n) is 1.51. The summed E-state index contributed by atoms with van der Waals surface area (Å²) in [7, 11) is 1.64. The van der Waals surface area contributed by atoms with Crippen LogP contribution < -0.4 is 5.48 Å². The SMILES string of the molecule is COCCONCc1cnc(C)[nH]1. The fourth-order valence-corrected chi connectivity index (χ4v) is 0.887. The minimum atomic E-state index is 0.545. The first-order chi connectivity index (χ1) is 6.33. The highest BCUT2D eigenvalue weighted by molar-refractivity contribution is 4.98. The number of imidazole rings is 1. The number of nitrogens with one attached hydrogen (secondary N) is 2. The van der Waals surface area contributed by atoms with Crippen molar-refractivity contribution < 1.29 is 9.57 Å². The number of rotatable bonds is 6. The molecular formula is C8H15N3O2. The second-order valence-electron chi connectivity index (χ2n) is 2.66. The van der Waals surface area contributed by atoms with Crippen molar-refractivity contribution in [3.05, 3.63) is 17.7 Å². The van der Waals surface area contributed by atoms with E-state index in [-0.39, 0.29) is 0 Å². The molecule has 1 rings (SSSR count). The van der Waals surface area contributed by atoms with E-state index < -0.39 is 0 Å². The number of nitrogens with zero attached hydrogens (tertiary/aromatic N) is 1. The number of hydrogen-bond donors (Lipinski definition) is 2. The van der Waals surface area contributed by atoms with Gasteiger partial charge in [0.2, 0.25) is 0 Å². The lowest BCUT2D eigenvalue weighted by atomic mass is 10.5. The Morgan fingerprint density at radius 2 is 2.38 bits per heavy atom. The Hall–Kier alpha value is -0.910. The summed E-state index contributed by atoms with van der Waals surface area (Å²) in [5.41, 5.74) is 3.81. The molecule has 0 aliphatic carbocycles. The minimum Gasteiger partial charge on any atom is -0.382 e. The van der Waals surface area contributed by atoms with Crippen LogP contribution in [0.3, 0.4) is 0 Å². The van der Waals surface area contributed by atoms with Gasteiger partial charge in [-0.3, -0.25) is 4.84 Å². The third kappa shape index (κ3) is 4.02. The van der Waals surface area contributed by atoms with Gasteiger partial charge in [-0.2, -0.15) is 5.48 Å². The van der Waals surface area contributed by atoms with Crippen LogP contribution in [0.2, 0.25) is 0 Å². The molecule has 0 amide bonds. The Morgan fingerprint density at radius 3 is 3.00 bits per heavy atom. The molecule has 74 valence electrons. The highest BCUT2D eigenvalue weighted by Gasteiger charge is 1.95. The number of hydroxylamine groups is 1. The van der Waals surface area contributed by atoms with E-state index in [1.165, 1.54) is 0 Å². The number of aromatic amines is 1. The average Bonchev–Trinajstić information content (AvgIpc) is 2.51. The molecule has 1 aromatic heterocycles. The van der Waals surface area contributed by atoms with Crippen molar-refractivity contribution in [2.24, 2.45) is 0 Å². The first-order valence-corrected chi connectivity index (χ1v) is 4.17. The Kier molecular flexibility index (Phi) is 4.45. The predicted molar refractivity (Wildman–Crippen MR) is 48.0 cm³/mol. The van der Waals surface area contributed by atoms with Crippen LogP contribution in [0.5, 0.6) is 0 Å². The Bertz CT molecular complexity index is 237. The van der Waals surface area contributed by atoms with Crippen LogP contribution in [0, 0.1) is 6.92 Å². The smallest absolute Gasteiger partial charge is 0.103 e. The molecule has 1 heterocycles. The molecular weight excluding hydrogens is 170 g/mol. The van der Waals surface area contributed by atoms with E-state index in [4.69, 9.17) is 9.57 Å². The molecule has 0 saturated carbocycles. The van der Waals surface area contributed by atoms with Gasteiger partial charge in [0.15, 0.2) is 0 Å². The molecule has 0 fully saturated rings. The molecule has 0 saturated heterocycles. The van der Waals surface area contributed by atoms with Crippen LogP contribution in [0.25, 0.3) is 0 Å². The van der Waals surface area contributed by atoms with Gasteiger partial charge in [0.1, 0.15) is 5.82 Å². The van der Waals surface area contributed by atoms with Gasteiger partial charge in [0.05, 0.1) is 25.5 Å². The highest BCUT2D eigenvalue weighted by Crippen LogP contribution is 1.93. The monoisotopic (exact) mass is 185 g/mol. The van der Waals surface area contributed by atoms with Crippen LogP contribution in [0.15, 0.2) is 6.20 Å². The molecule has 5 nitrogen and oxygen atoms in total. The fourth-order valence-electron chi connectivity index (χ4n) is 0.887. The maximum Gasteiger partial charge on any atom is 0.103 e. The second-order valence-corrected chi connectivity index (χ2v) is 2.66. The van der Waals surface area contributed by atoms with Gasteiger partial charge in [-0.1, -0.05) is 0 Å². The largest absolute Gasteiger partial charge is 0.382 e. The van der Waals surface area contributed by atoms with E-state index in [9.17, 15) is 0 Å². The van der Waals surface area contributed by atoms with E-state index in [0.717, 1.165) is 11.5 Å². The number of ether oxygens (including phenoxy) is 1. The molecule has 0 aliphatic heterocycles. The van der Waals surface area contributed by atoms with Crippen molar-refractivity contribution in [2.45, 2.75) is 13.5 Å². The summed E-state index contributed by atoms with van der Waals surface area (Å²) in [6.07, 6.45) is 1.78. The van der Waals surface area contributed by atoms with Gasteiger partial charge in [-0.05, 0) is 6.92 Å². The van der Waals surface area contributed by atoms with Crippen molar-refractivity contribution in [3.63, 3.8) is 0 Å². The molecule has 13 heavy (non-hydrogen) atoms. The van der Waals surface area contributed by atoms with Gasteiger partial charge in [0.25, 0.3) is 0 Å². The summed E-state index contributed by atoms with van der Waals surface area (Å²) in [6, 6.07) is 0. The molecule has 2 N–H and O–H groups in total. The number of hydrogen-bond acceptors (Lipinski definition) is 4. The summed E-state index contributed by atoms with van der Waals surface area (Å²) >= 11 is 0. The predicted octanol–water partition coefficient (Wildman–Crippen LogP) is 0.386. The average molecular weight is 185 g/mol. The first kappa shape index (κ1) is 10.2. The summed E-state index contributed by atoms with van der Waals surface area (Å²) in [4.78, 5) is 12.2. The molecule has 0 spiro atoms. The number of methoxy groups -OCH3 is 1. The van der Waals surface area contributed by atoms with E-state index in [1.807, 2.05) is 6.92 Å². The summed E-state index contributed by atoms with van der Waals surface area (Å²) in [5.74, 6) is 0.911. The van der Waals surface area contributed by atoms with Crippen LogP contribution in [0.1, 0.15) is 11.5 Å². The lowest BCUT2D eigenvalue weighted by Crippen LogP contribution is -2.17. The summed E-state index contributed by atoms with van der Waals surface area (Å²) in [5, 5.41) is 0. The normalized spacial score (nSPS) is 10.6. The highest BCUT2D eigenvalue weighted by atomic mass is 16.7. The molecule has 1 aromatic rings. The van der Waals surface area contributed by atoms with E-state index >= 15 is 0 Å². The van der Waals surface area contributed by atoms with E-state index in [2.05, 4.69) is 15.4 Å². The molecule has 0 unspecified atom stereocenters. The molecule has 0 bridgehead atoms. The zero-order valence-corrected chi connectivity index (χ0v) is 7.96. The Morgan fingerprint density at radius 1 is 1.54 bits per heavy atom. The number of aryl methyl sites for hydroxylation is 1. The quantitative estimate of drug-likeness (QED) is 0.497. The first-order valence-electron chi connectivity index (χ1n) is 4.17. The lowest BCUT2D eigenvalue weighted by Gasteiger charge is -2.02. The number of H-pyrrole nitrogens is 1. The van der Waals surface area contributed by atoms with Gasteiger partial charge in [-0.15, -0.1) is 0 Å². The topological polar surface area (TPSA) is 59.2 Å². The fraction of sp³-hybridized carbons (Fsp3) is 0.625. The van der Waals surface area contributed by atoms with Crippen molar-refractivity contribution in [3.8, 4) is 0 Å². The Balaban J connectivity index is 2.06. The standard InChI is InChI=1S/C8H15N3O2/c1-7-9-5-8(11-7)6-10-13-4-3-12-2/h5,10H,3-4,6H2,1-2H3,(H,9,11). The third-order valence-corrected chi connectivity index (χ3v) is 1.51. The van der Waals surface area contributed by atoms with E-state index in [0.29, 0.717) is 19.8 Å². The zero-order valence-electron chi connectivity index (χ0n) is 7.96. The molecule has 0 radical (unpaired) electrons. The zero-order chi connectivity index (χ0) is 9.52. The van der Waals surface area contributed by atoms with Crippen molar-refractivity contribution >= 4 is 0 Å².